The van der Waals surface area contributed by atoms with Gasteiger partial charge in [-0.1, -0.05) is 0 Å². The zero-order valence-electron chi connectivity index (χ0n) is 10.5. The Morgan fingerprint density at radius 1 is 1.32 bits per heavy atom. The molecule has 0 spiro atoms. The molecule has 1 aromatic rings. The Morgan fingerprint density at radius 3 is 2.84 bits per heavy atom. The fraction of sp³-hybridized carbons (Fsp3) is 0.429. The largest absolute Gasteiger partial charge is 0.508 e. The Morgan fingerprint density at radius 2 is 2.16 bits per heavy atom. The van der Waals surface area contributed by atoms with Gasteiger partial charge in [-0.3, -0.25) is 4.79 Å². The second-order valence-electron chi connectivity index (χ2n) is 5.33. The van der Waals surface area contributed by atoms with Crippen molar-refractivity contribution in [2.75, 3.05) is 0 Å². The number of nitrogens with one attached hydrogen (secondary N) is 1. The van der Waals surface area contributed by atoms with Gasteiger partial charge in [0.05, 0.1) is 5.56 Å². The van der Waals surface area contributed by atoms with Crippen LogP contribution in [0.25, 0.3) is 0 Å². The fourth-order valence-corrected chi connectivity index (χ4v) is 3.05. The van der Waals surface area contributed by atoms with E-state index in [9.17, 15) is 15.0 Å². The lowest BCUT2D eigenvalue weighted by Crippen LogP contribution is -2.22. The highest BCUT2D eigenvalue weighted by Gasteiger charge is 2.36. The van der Waals surface area contributed by atoms with Crippen molar-refractivity contribution in [1.29, 1.82) is 0 Å². The molecule has 2 fully saturated rings. The molecular formula is C14H16N2O3. The summed E-state index contributed by atoms with van der Waals surface area (Å²) in [5, 5.41) is 23.1. The molecule has 1 aromatic carbocycles. The van der Waals surface area contributed by atoms with E-state index in [1.54, 1.807) is 0 Å². The number of hydrogen-bond donors (Lipinski definition) is 3. The Hall–Kier alpha value is -2.04. The maximum atomic E-state index is 11.9. The second kappa shape index (κ2) is 4.57. The predicted octanol–water partition coefficient (Wildman–Crippen LogP) is 2.00. The number of carbonyl (C=O) groups excluding carboxylic acids is 1. The van der Waals surface area contributed by atoms with E-state index in [1.807, 2.05) is 0 Å². The molecule has 2 bridgehead atoms. The summed E-state index contributed by atoms with van der Waals surface area (Å²) < 4.78 is 0. The van der Waals surface area contributed by atoms with E-state index in [-0.39, 0.29) is 17.1 Å². The van der Waals surface area contributed by atoms with E-state index >= 15 is 0 Å². The molecular weight excluding hydrogens is 244 g/mol. The van der Waals surface area contributed by atoms with Gasteiger partial charge in [0, 0.05) is 5.71 Å². The topological polar surface area (TPSA) is 81.9 Å². The first-order valence-electron chi connectivity index (χ1n) is 6.52. The van der Waals surface area contributed by atoms with Crippen LogP contribution in [0.4, 0.5) is 0 Å². The summed E-state index contributed by atoms with van der Waals surface area (Å²) in [6.45, 7) is 0. The van der Waals surface area contributed by atoms with E-state index in [0.29, 0.717) is 5.92 Å². The number of nitrogens with zero attached hydrogens (tertiary/aromatic N) is 1. The van der Waals surface area contributed by atoms with E-state index in [2.05, 4.69) is 10.5 Å². The van der Waals surface area contributed by atoms with Crippen molar-refractivity contribution in [3.63, 3.8) is 0 Å². The lowest BCUT2D eigenvalue weighted by Gasteiger charge is -2.12. The van der Waals surface area contributed by atoms with Crippen molar-refractivity contribution in [1.82, 2.24) is 5.43 Å². The van der Waals surface area contributed by atoms with Crippen LogP contribution in [0.2, 0.25) is 0 Å². The number of hydrogen-bond acceptors (Lipinski definition) is 4. The van der Waals surface area contributed by atoms with Gasteiger partial charge in [-0.05, 0) is 55.7 Å². The maximum absolute atomic E-state index is 11.9. The number of amides is 1. The van der Waals surface area contributed by atoms with Crippen molar-refractivity contribution in [3.8, 4) is 11.5 Å². The Kier molecular flexibility index (Phi) is 2.89. The molecule has 3 N–H and O–H groups in total. The molecule has 5 heteroatoms. The van der Waals surface area contributed by atoms with Gasteiger partial charge >= 0.3 is 0 Å². The van der Waals surface area contributed by atoms with Gasteiger partial charge in [-0.25, -0.2) is 5.43 Å². The van der Waals surface area contributed by atoms with Crippen molar-refractivity contribution >= 4 is 11.6 Å². The number of hydrazone groups is 1. The average molecular weight is 260 g/mol. The van der Waals surface area contributed by atoms with Gasteiger partial charge in [-0.2, -0.15) is 5.10 Å². The number of fused-ring (bicyclic) bond motifs is 2. The first-order chi connectivity index (χ1) is 9.13. The standard InChI is InChI=1S/C14H16N2O3/c17-10-3-4-13(18)11(7-10)14(19)16-15-12-6-8-1-2-9(12)5-8/h3-4,7-9,17-18H,1-2,5-6H2,(H,16,19)/b15-12+/t8-,9-/m0/s1. The molecule has 2 aliphatic rings. The Balaban J connectivity index is 1.72. The van der Waals surface area contributed by atoms with Gasteiger partial charge in [-0.15, -0.1) is 0 Å². The molecule has 19 heavy (non-hydrogen) atoms. The average Bonchev–Trinajstić information content (AvgIpc) is 3.01. The molecule has 0 saturated heterocycles. The number of rotatable bonds is 2. The van der Waals surface area contributed by atoms with Gasteiger partial charge in [0.15, 0.2) is 0 Å². The van der Waals surface area contributed by atoms with Crippen LogP contribution in [-0.2, 0) is 0 Å². The molecule has 0 radical (unpaired) electrons. The first kappa shape index (κ1) is 12.0. The molecule has 3 rings (SSSR count). The van der Waals surface area contributed by atoms with Crippen LogP contribution >= 0.6 is 0 Å². The molecule has 2 aliphatic carbocycles. The van der Waals surface area contributed by atoms with Crippen LogP contribution in [-0.4, -0.2) is 21.8 Å². The summed E-state index contributed by atoms with van der Waals surface area (Å²) in [4.78, 5) is 11.9. The van der Waals surface area contributed by atoms with Gasteiger partial charge in [0.2, 0.25) is 0 Å². The number of phenolic OH excluding ortho intramolecular Hbond substituents is 2. The van der Waals surface area contributed by atoms with Gasteiger partial charge in [0.25, 0.3) is 5.91 Å². The predicted molar refractivity (Wildman–Crippen MR) is 70.1 cm³/mol. The van der Waals surface area contributed by atoms with Crippen LogP contribution in [0.1, 0.15) is 36.0 Å². The lowest BCUT2D eigenvalue weighted by molar-refractivity contribution is 0.0951. The minimum Gasteiger partial charge on any atom is -0.508 e. The Labute approximate surface area is 111 Å². The third-order valence-corrected chi connectivity index (χ3v) is 4.04. The number of benzene rings is 1. The summed E-state index contributed by atoms with van der Waals surface area (Å²) in [5.74, 6) is 0.528. The minimum absolute atomic E-state index is 0.0347. The monoisotopic (exact) mass is 260 g/mol. The Bertz CT molecular complexity index is 554. The third-order valence-electron chi connectivity index (χ3n) is 4.04. The zero-order valence-corrected chi connectivity index (χ0v) is 10.5. The summed E-state index contributed by atoms with van der Waals surface area (Å²) in [6.07, 6.45) is 4.59. The molecule has 5 nitrogen and oxygen atoms in total. The molecule has 0 aromatic heterocycles. The zero-order chi connectivity index (χ0) is 13.4. The van der Waals surface area contributed by atoms with Crippen molar-refractivity contribution in [2.45, 2.75) is 25.7 Å². The van der Waals surface area contributed by atoms with Crippen LogP contribution in [0.15, 0.2) is 23.3 Å². The highest BCUT2D eigenvalue weighted by molar-refractivity contribution is 5.98. The molecule has 1 amide bonds. The highest BCUT2D eigenvalue weighted by Crippen LogP contribution is 2.42. The fourth-order valence-electron chi connectivity index (χ4n) is 3.05. The number of carbonyl (C=O) groups is 1. The van der Waals surface area contributed by atoms with Gasteiger partial charge < -0.3 is 10.2 Å². The lowest BCUT2D eigenvalue weighted by atomic mass is 9.99. The van der Waals surface area contributed by atoms with E-state index < -0.39 is 5.91 Å². The second-order valence-corrected chi connectivity index (χ2v) is 5.33. The number of phenols is 2. The third kappa shape index (κ3) is 2.28. The molecule has 0 aliphatic heterocycles. The summed E-state index contributed by atoms with van der Waals surface area (Å²) in [7, 11) is 0. The first-order valence-corrected chi connectivity index (χ1v) is 6.52. The number of aromatic hydroxyl groups is 2. The maximum Gasteiger partial charge on any atom is 0.275 e. The normalized spacial score (nSPS) is 26.8. The molecule has 2 saturated carbocycles. The van der Waals surface area contributed by atoms with Crippen LogP contribution in [0.3, 0.4) is 0 Å². The van der Waals surface area contributed by atoms with E-state index in [1.165, 1.54) is 31.0 Å². The smallest absolute Gasteiger partial charge is 0.275 e. The van der Waals surface area contributed by atoms with Crippen LogP contribution in [0, 0.1) is 11.8 Å². The van der Waals surface area contributed by atoms with E-state index in [4.69, 9.17) is 0 Å². The summed E-state index contributed by atoms with van der Waals surface area (Å²) in [6, 6.07) is 3.84. The molecule has 0 unspecified atom stereocenters. The van der Waals surface area contributed by atoms with Crippen LogP contribution < -0.4 is 5.43 Å². The highest BCUT2D eigenvalue weighted by atomic mass is 16.3. The molecule has 2 atom stereocenters. The van der Waals surface area contributed by atoms with Crippen molar-refractivity contribution in [2.24, 2.45) is 16.9 Å². The SMILES string of the molecule is O=C(N/N=C1\C[C@H]2CC[C@H]1C2)c1cc(O)ccc1O. The summed E-state index contributed by atoms with van der Waals surface area (Å²) >= 11 is 0. The van der Waals surface area contributed by atoms with Crippen molar-refractivity contribution in [3.05, 3.63) is 23.8 Å². The summed E-state index contributed by atoms with van der Waals surface area (Å²) in [5.41, 5.74) is 3.57. The molecule has 0 heterocycles. The van der Waals surface area contributed by atoms with E-state index in [0.717, 1.165) is 24.5 Å². The van der Waals surface area contributed by atoms with Crippen LogP contribution in [0.5, 0.6) is 11.5 Å². The van der Waals surface area contributed by atoms with Gasteiger partial charge in [0.1, 0.15) is 11.5 Å². The minimum atomic E-state index is -0.497. The van der Waals surface area contributed by atoms with Crippen molar-refractivity contribution < 1.29 is 15.0 Å². The quantitative estimate of drug-likeness (QED) is 0.562. The molecule has 100 valence electrons.